The molecule has 1 aliphatic rings. The van der Waals surface area contributed by atoms with Crippen molar-refractivity contribution in [1.29, 1.82) is 0 Å². The molecule has 0 saturated carbocycles. The molecule has 1 aromatic carbocycles. The number of nitrogens with zero attached hydrogens (tertiary/aromatic N) is 1. The molecule has 2 rings (SSSR count). The number of rotatable bonds is 8. The Morgan fingerprint density at radius 1 is 1.27 bits per heavy atom. The molecule has 0 aromatic heterocycles. The molecular formula is C18H28N2O2. The van der Waals surface area contributed by atoms with Crippen LogP contribution in [0.5, 0.6) is 0 Å². The van der Waals surface area contributed by atoms with Crippen LogP contribution in [0.1, 0.15) is 44.1 Å². The van der Waals surface area contributed by atoms with Gasteiger partial charge in [-0.2, -0.15) is 0 Å². The highest BCUT2D eigenvalue weighted by atomic mass is 16.5. The summed E-state index contributed by atoms with van der Waals surface area (Å²) >= 11 is 0. The highest BCUT2D eigenvalue weighted by Gasteiger charge is 2.18. The van der Waals surface area contributed by atoms with Crippen LogP contribution >= 0.6 is 0 Å². The van der Waals surface area contributed by atoms with Crippen LogP contribution in [0.3, 0.4) is 0 Å². The van der Waals surface area contributed by atoms with Crippen LogP contribution < -0.4 is 5.73 Å². The molecule has 1 aromatic rings. The lowest BCUT2D eigenvalue weighted by Crippen LogP contribution is -2.33. The quantitative estimate of drug-likeness (QED) is 0.803. The van der Waals surface area contributed by atoms with Gasteiger partial charge in [0.2, 0.25) is 5.91 Å². The minimum Gasteiger partial charge on any atom is -0.378 e. The Hall–Kier alpha value is -1.39. The Balaban J connectivity index is 1.84. The number of benzene rings is 1. The van der Waals surface area contributed by atoms with Crippen molar-refractivity contribution in [3.05, 3.63) is 35.9 Å². The van der Waals surface area contributed by atoms with Gasteiger partial charge in [-0.15, -0.1) is 0 Å². The van der Waals surface area contributed by atoms with Crippen LogP contribution in [-0.2, 0) is 16.1 Å². The largest absolute Gasteiger partial charge is 0.378 e. The van der Waals surface area contributed by atoms with Gasteiger partial charge in [0.25, 0.3) is 0 Å². The summed E-state index contributed by atoms with van der Waals surface area (Å²) < 4.78 is 5.72. The lowest BCUT2D eigenvalue weighted by atomic mass is 10.0. The van der Waals surface area contributed by atoms with Crippen LogP contribution in [-0.4, -0.2) is 36.6 Å². The fourth-order valence-corrected chi connectivity index (χ4v) is 2.86. The second-order valence-electron chi connectivity index (χ2n) is 5.97. The molecule has 0 radical (unpaired) electrons. The van der Waals surface area contributed by atoms with Crippen LogP contribution in [0.25, 0.3) is 0 Å². The number of hydrogen-bond acceptors (Lipinski definition) is 3. The second kappa shape index (κ2) is 9.59. The van der Waals surface area contributed by atoms with E-state index in [9.17, 15) is 4.79 Å². The summed E-state index contributed by atoms with van der Waals surface area (Å²) in [6, 6.07) is 10.1. The molecule has 0 bridgehead atoms. The number of amides is 1. The van der Waals surface area contributed by atoms with E-state index in [2.05, 4.69) is 12.1 Å². The second-order valence-corrected chi connectivity index (χ2v) is 5.97. The molecule has 1 atom stereocenters. The van der Waals surface area contributed by atoms with Crippen molar-refractivity contribution in [1.82, 2.24) is 4.90 Å². The minimum absolute atomic E-state index is 0.214. The van der Waals surface area contributed by atoms with E-state index in [0.717, 1.165) is 38.8 Å². The number of carbonyl (C=O) groups excluding carboxylic acids is 1. The molecule has 1 fully saturated rings. The van der Waals surface area contributed by atoms with Crippen molar-refractivity contribution in [3.63, 3.8) is 0 Å². The maximum atomic E-state index is 12.5. The third kappa shape index (κ3) is 5.78. The van der Waals surface area contributed by atoms with Crippen molar-refractivity contribution in [2.45, 2.75) is 51.2 Å². The van der Waals surface area contributed by atoms with E-state index < -0.39 is 0 Å². The smallest absolute Gasteiger partial charge is 0.222 e. The van der Waals surface area contributed by atoms with Crippen molar-refractivity contribution in [2.24, 2.45) is 5.73 Å². The van der Waals surface area contributed by atoms with Crippen LogP contribution in [0.4, 0.5) is 0 Å². The lowest BCUT2D eigenvalue weighted by Gasteiger charge is -2.26. The van der Waals surface area contributed by atoms with Gasteiger partial charge in [-0.05, 0) is 44.2 Å². The van der Waals surface area contributed by atoms with E-state index in [-0.39, 0.29) is 12.0 Å². The monoisotopic (exact) mass is 304 g/mol. The molecule has 122 valence electrons. The molecule has 4 heteroatoms. The number of carbonyl (C=O) groups is 1. The van der Waals surface area contributed by atoms with Crippen molar-refractivity contribution in [2.75, 3.05) is 19.7 Å². The standard InChI is InChI=1S/C18H28N2O2/c19-12-6-13-20(15-16-7-2-1-3-8-16)18(21)11-10-17-9-4-5-14-22-17/h1-3,7-8,17H,4-6,9-15,19H2. The summed E-state index contributed by atoms with van der Waals surface area (Å²) in [5.41, 5.74) is 6.77. The van der Waals surface area contributed by atoms with Crippen molar-refractivity contribution in [3.8, 4) is 0 Å². The van der Waals surface area contributed by atoms with Gasteiger partial charge >= 0.3 is 0 Å². The van der Waals surface area contributed by atoms with E-state index >= 15 is 0 Å². The first-order valence-corrected chi connectivity index (χ1v) is 8.43. The molecular weight excluding hydrogens is 276 g/mol. The van der Waals surface area contributed by atoms with E-state index in [0.29, 0.717) is 19.5 Å². The Labute approximate surface area is 133 Å². The van der Waals surface area contributed by atoms with E-state index in [4.69, 9.17) is 10.5 Å². The summed E-state index contributed by atoms with van der Waals surface area (Å²) in [6.07, 6.45) is 5.99. The molecule has 4 nitrogen and oxygen atoms in total. The molecule has 0 aliphatic carbocycles. The van der Waals surface area contributed by atoms with Crippen molar-refractivity contribution < 1.29 is 9.53 Å². The zero-order chi connectivity index (χ0) is 15.6. The normalized spacial score (nSPS) is 18.1. The Bertz CT molecular complexity index is 430. The van der Waals surface area contributed by atoms with Gasteiger partial charge in [-0.3, -0.25) is 4.79 Å². The average Bonchev–Trinajstić information content (AvgIpc) is 2.58. The number of nitrogens with two attached hydrogens (primary N) is 1. The number of hydrogen-bond donors (Lipinski definition) is 1. The summed E-state index contributed by atoms with van der Waals surface area (Å²) in [5, 5.41) is 0. The first-order chi connectivity index (χ1) is 10.8. The Morgan fingerprint density at radius 3 is 2.77 bits per heavy atom. The van der Waals surface area contributed by atoms with E-state index in [1.165, 1.54) is 12.0 Å². The first kappa shape index (κ1) is 17.0. The van der Waals surface area contributed by atoms with Crippen LogP contribution in [0.2, 0.25) is 0 Å². The molecule has 2 N–H and O–H groups in total. The summed E-state index contributed by atoms with van der Waals surface area (Å²) in [7, 11) is 0. The summed E-state index contributed by atoms with van der Waals surface area (Å²) in [4.78, 5) is 14.5. The Morgan fingerprint density at radius 2 is 2.09 bits per heavy atom. The molecule has 0 spiro atoms. The molecule has 22 heavy (non-hydrogen) atoms. The maximum Gasteiger partial charge on any atom is 0.222 e. The van der Waals surface area contributed by atoms with Gasteiger partial charge in [0.1, 0.15) is 0 Å². The van der Waals surface area contributed by atoms with Crippen LogP contribution in [0, 0.1) is 0 Å². The molecule has 1 aliphatic heterocycles. The average molecular weight is 304 g/mol. The third-order valence-electron chi connectivity index (χ3n) is 4.16. The molecule has 1 saturated heterocycles. The third-order valence-corrected chi connectivity index (χ3v) is 4.16. The Kier molecular flexibility index (Phi) is 7.40. The van der Waals surface area contributed by atoms with Gasteiger partial charge in [-0.25, -0.2) is 0 Å². The van der Waals surface area contributed by atoms with Gasteiger partial charge in [0, 0.05) is 26.1 Å². The van der Waals surface area contributed by atoms with Gasteiger partial charge in [0.15, 0.2) is 0 Å². The van der Waals surface area contributed by atoms with Gasteiger partial charge < -0.3 is 15.4 Å². The SMILES string of the molecule is NCCCN(Cc1ccccc1)C(=O)CCC1CCCCO1. The maximum absolute atomic E-state index is 12.5. The van der Waals surface area contributed by atoms with Gasteiger partial charge in [0.05, 0.1) is 6.10 Å². The topological polar surface area (TPSA) is 55.6 Å². The zero-order valence-corrected chi connectivity index (χ0v) is 13.4. The highest BCUT2D eigenvalue weighted by Crippen LogP contribution is 2.18. The van der Waals surface area contributed by atoms with Gasteiger partial charge in [-0.1, -0.05) is 30.3 Å². The predicted octanol–water partition coefficient (Wildman–Crippen LogP) is 2.71. The molecule has 1 heterocycles. The first-order valence-electron chi connectivity index (χ1n) is 8.43. The molecule has 1 amide bonds. The summed E-state index contributed by atoms with van der Waals surface area (Å²) in [6.45, 7) is 2.87. The summed E-state index contributed by atoms with van der Waals surface area (Å²) in [5.74, 6) is 0.214. The fraction of sp³-hybridized carbons (Fsp3) is 0.611. The van der Waals surface area contributed by atoms with Crippen LogP contribution in [0.15, 0.2) is 30.3 Å². The molecule has 1 unspecified atom stereocenters. The van der Waals surface area contributed by atoms with Crippen molar-refractivity contribution >= 4 is 5.91 Å². The van der Waals surface area contributed by atoms with E-state index in [1.807, 2.05) is 23.1 Å². The zero-order valence-electron chi connectivity index (χ0n) is 13.4. The number of ether oxygens (including phenoxy) is 1. The highest BCUT2D eigenvalue weighted by molar-refractivity contribution is 5.76. The lowest BCUT2D eigenvalue weighted by molar-refractivity contribution is -0.132. The fourth-order valence-electron chi connectivity index (χ4n) is 2.86. The minimum atomic E-state index is 0.214. The predicted molar refractivity (Wildman–Crippen MR) is 88.4 cm³/mol. The van der Waals surface area contributed by atoms with E-state index in [1.54, 1.807) is 0 Å².